The van der Waals surface area contributed by atoms with Crippen molar-refractivity contribution in [3.63, 3.8) is 0 Å². The topological polar surface area (TPSA) is 114 Å². The Hall–Kier alpha value is -3.68. The molecule has 0 radical (unpaired) electrons. The van der Waals surface area contributed by atoms with E-state index in [-0.39, 0.29) is 6.54 Å². The molecule has 0 saturated carbocycles. The van der Waals surface area contributed by atoms with Gasteiger partial charge in [0.1, 0.15) is 6.54 Å². The fourth-order valence-corrected chi connectivity index (χ4v) is 1.87. The van der Waals surface area contributed by atoms with Crippen LogP contribution >= 0.6 is 0 Å². The molecule has 8 heteroatoms. The van der Waals surface area contributed by atoms with Crippen LogP contribution in [-0.2, 0) is 14.3 Å². The number of nitrogens with one attached hydrogen (secondary N) is 3. The van der Waals surface area contributed by atoms with Crippen LogP contribution in [0.15, 0.2) is 60.7 Å². The van der Waals surface area contributed by atoms with Crippen molar-refractivity contribution in [2.75, 3.05) is 13.2 Å². The van der Waals surface area contributed by atoms with Gasteiger partial charge in [-0.15, -0.1) is 0 Å². The second-order valence-corrected chi connectivity index (χ2v) is 5.08. The Bertz CT molecular complexity index is 710. The second-order valence-electron chi connectivity index (χ2n) is 5.08. The summed E-state index contributed by atoms with van der Waals surface area (Å²) in [7, 11) is 0. The van der Waals surface area contributed by atoms with E-state index in [1.807, 2.05) is 0 Å². The minimum atomic E-state index is -0.779. The monoisotopic (exact) mass is 355 g/mol. The van der Waals surface area contributed by atoms with E-state index in [9.17, 15) is 19.2 Å². The zero-order valence-electron chi connectivity index (χ0n) is 13.7. The van der Waals surface area contributed by atoms with Gasteiger partial charge in [-0.3, -0.25) is 30.0 Å². The Morgan fingerprint density at radius 2 is 1.27 bits per heavy atom. The summed E-state index contributed by atoms with van der Waals surface area (Å²) in [6.07, 6.45) is 0. The smallest absolute Gasteiger partial charge is 0.325 e. The van der Waals surface area contributed by atoms with Crippen molar-refractivity contribution in [3.05, 3.63) is 71.8 Å². The molecule has 0 bridgehead atoms. The predicted octanol–water partition coefficient (Wildman–Crippen LogP) is 0.421. The molecule has 0 spiro atoms. The Morgan fingerprint density at radius 3 is 1.85 bits per heavy atom. The third-order valence-electron chi connectivity index (χ3n) is 3.14. The molecule has 2 rings (SSSR count). The molecule has 0 aromatic heterocycles. The maximum atomic E-state index is 11.8. The van der Waals surface area contributed by atoms with Gasteiger partial charge in [0.25, 0.3) is 17.7 Å². The van der Waals surface area contributed by atoms with Crippen molar-refractivity contribution in [2.24, 2.45) is 0 Å². The fraction of sp³-hybridized carbons (Fsp3) is 0.111. The van der Waals surface area contributed by atoms with E-state index in [1.54, 1.807) is 60.7 Å². The highest BCUT2D eigenvalue weighted by Gasteiger charge is 2.11. The molecule has 0 aliphatic heterocycles. The largest absolute Gasteiger partial charge is 0.454 e. The number of amides is 3. The highest BCUT2D eigenvalue weighted by atomic mass is 16.5. The van der Waals surface area contributed by atoms with Gasteiger partial charge in [-0.1, -0.05) is 36.4 Å². The average Bonchev–Trinajstić information content (AvgIpc) is 2.69. The fourth-order valence-electron chi connectivity index (χ4n) is 1.87. The van der Waals surface area contributed by atoms with Crippen LogP contribution in [0, 0.1) is 0 Å². The molecule has 3 amide bonds. The average molecular weight is 355 g/mol. The van der Waals surface area contributed by atoms with Crippen molar-refractivity contribution < 1.29 is 23.9 Å². The molecule has 26 heavy (non-hydrogen) atoms. The van der Waals surface area contributed by atoms with E-state index in [0.29, 0.717) is 11.1 Å². The van der Waals surface area contributed by atoms with Crippen LogP contribution in [0.4, 0.5) is 0 Å². The standard InChI is InChI=1S/C18H17N3O5/c22-15(20-21-18(25)14-9-5-2-6-10-14)12-26-16(23)11-19-17(24)13-7-3-1-4-8-13/h1-10H,11-12H2,(H,19,24)(H,20,22)(H,21,25). The van der Waals surface area contributed by atoms with E-state index in [1.165, 1.54) is 0 Å². The third-order valence-corrected chi connectivity index (χ3v) is 3.14. The van der Waals surface area contributed by atoms with Crippen molar-refractivity contribution in [1.82, 2.24) is 16.2 Å². The lowest BCUT2D eigenvalue weighted by Crippen LogP contribution is -2.44. The molecular weight excluding hydrogens is 338 g/mol. The third kappa shape index (κ3) is 6.08. The number of hydrogen-bond donors (Lipinski definition) is 3. The summed E-state index contributed by atoms with van der Waals surface area (Å²) in [5.74, 6) is -2.42. The first-order valence-corrected chi connectivity index (χ1v) is 7.69. The minimum absolute atomic E-state index is 0.369. The van der Waals surface area contributed by atoms with Crippen LogP contribution < -0.4 is 16.2 Å². The Balaban J connectivity index is 1.65. The minimum Gasteiger partial charge on any atom is -0.454 e. The van der Waals surface area contributed by atoms with E-state index >= 15 is 0 Å². The van der Waals surface area contributed by atoms with Gasteiger partial charge in [-0.25, -0.2) is 0 Å². The van der Waals surface area contributed by atoms with Gasteiger partial charge in [-0.05, 0) is 24.3 Å². The number of hydrazine groups is 1. The van der Waals surface area contributed by atoms with E-state index < -0.39 is 30.3 Å². The molecular formula is C18H17N3O5. The summed E-state index contributed by atoms with van der Waals surface area (Å²) in [4.78, 5) is 46.6. The molecule has 0 aliphatic rings. The molecule has 0 fully saturated rings. The highest BCUT2D eigenvalue weighted by Crippen LogP contribution is 1.98. The molecule has 0 heterocycles. The summed E-state index contributed by atoms with van der Waals surface area (Å²) in [6.45, 7) is -0.966. The quantitative estimate of drug-likeness (QED) is 0.513. The number of benzene rings is 2. The SMILES string of the molecule is O=C(COC(=O)CNC(=O)c1ccccc1)NNC(=O)c1ccccc1. The van der Waals surface area contributed by atoms with Gasteiger partial charge >= 0.3 is 5.97 Å². The molecule has 0 atom stereocenters. The second kappa shape index (κ2) is 9.58. The molecule has 8 nitrogen and oxygen atoms in total. The molecule has 0 unspecified atom stereocenters. The van der Waals surface area contributed by atoms with Gasteiger partial charge in [0.15, 0.2) is 6.61 Å². The lowest BCUT2D eigenvalue weighted by Gasteiger charge is -2.08. The number of carbonyl (C=O) groups is 4. The van der Waals surface area contributed by atoms with Gasteiger partial charge in [0.05, 0.1) is 0 Å². The number of hydrogen-bond acceptors (Lipinski definition) is 5. The number of esters is 1. The van der Waals surface area contributed by atoms with E-state index in [4.69, 9.17) is 4.74 Å². The Labute approximate surface area is 149 Å². The lowest BCUT2D eigenvalue weighted by atomic mass is 10.2. The van der Waals surface area contributed by atoms with E-state index in [0.717, 1.165) is 0 Å². The van der Waals surface area contributed by atoms with Crippen molar-refractivity contribution >= 4 is 23.7 Å². The van der Waals surface area contributed by atoms with Gasteiger partial charge < -0.3 is 10.1 Å². The van der Waals surface area contributed by atoms with Crippen molar-refractivity contribution in [2.45, 2.75) is 0 Å². The summed E-state index contributed by atoms with van der Waals surface area (Å²) in [5, 5.41) is 2.38. The van der Waals surface area contributed by atoms with E-state index in [2.05, 4.69) is 16.2 Å². The summed E-state index contributed by atoms with van der Waals surface area (Å²) < 4.78 is 4.71. The predicted molar refractivity (Wildman–Crippen MR) is 91.8 cm³/mol. The van der Waals surface area contributed by atoms with Crippen LogP contribution in [0.25, 0.3) is 0 Å². The summed E-state index contributed by atoms with van der Waals surface area (Å²) in [5.41, 5.74) is 5.09. The highest BCUT2D eigenvalue weighted by molar-refractivity contribution is 5.96. The molecule has 2 aromatic rings. The first kappa shape index (κ1) is 18.7. The Morgan fingerprint density at radius 1 is 0.731 bits per heavy atom. The number of carbonyl (C=O) groups excluding carboxylic acids is 4. The van der Waals surface area contributed by atoms with Crippen molar-refractivity contribution in [1.29, 1.82) is 0 Å². The summed E-state index contributed by atoms with van der Waals surface area (Å²) >= 11 is 0. The molecule has 2 aromatic carbocycles. The lowest BCUT2D eigenvalue weighted by molar-refractivity contribution is -0.147. The van der Waals surface area contributed by atoms with Gasteiger partial charge in [0, 0.05) is 11.1 Å². The first-order valence-electron chi connectivity index (χ1n) is 7.69. The maximum Gasteiger partial charge on any atom is 0.325 e. The van der Waals surface area contributed by atoms with Crippen LogP contribution in [0.5, 0.6) is 0 Å². The Kier molecular flexibility index (Phi) is 6.87. The van der Waals surface area contributed by atoms with Crippen LogP contribution in [-0.4, -0.2) is 36.8 Å². The zero-order chi connectivity index (χ0) is 18.8. The molecule has 3 N–H and O–H groups in total. The molecule has 0 aliphatic carbocycles. The molecule has 0 saturated heterocycles. The van der Waals surface area contributed by atoms with Crippen LogP contribution in [0.3, 0.4) is 0 Å². The van der Waals surface area contributed by atoms with Gasteiger partial charge in [0.2, 0.25) is 0 Å². The first-order chi connectivity index (χ1) is 12.6. The number of rotatable bonds is 6. The van der Waals surface area contributed by atoms with Crippen LogP contribution in [0.1, 0.15) is 20.7 Å². The zero-order valence-corrected chi connectivity index (χ0v) is 13.7. The van der Waals surface area contributed by atoms with Crippen LogP contribution in [0.2, 0.25) is 0 Å². The maximum absolute atomic E-state index is 11.8. The van der Waals surface area contributed by atoms with Gasteiger partial charge in [-0.2, -0.15) is 0 Å². The normalized spacial score (nSPS) is 9.69. The van der Waals surface area contributed by atoms with Crippen molar-refractivity contribution in [3.8, 4) is 0 Å². The number of ether oxygens (including phenoxy) is 1. The summed E-state index contributed by atoms with van der Waals surface area (Å²) in [6, 6.07) is 16.6. The molecule has 134 valence electrons.